The summed E-state index contributed by atoms with van der Waals surface area (Å²) in [5.41, 5.74) is 0.0757. The van der Waals surface area contributed by atoms with Crippen LogP contribution in [0.25, 0.3) is 0 Å². The zero-order valence-electron chi connectivity index (χ0n) is 11.1. The minimum absolute atomic E-state index is 0.0471. The standard InChI is InChI=1S/C13H17NO4S2/c1-19-12-4-2-3-11(12)14-20(17,18)10-7-5-9(6-8-10)13(15)16/h5-8,11-12,14H,2-4H2,1H3,(H,15,16). The second kappa shape index (κ2) is 6.15. The van der Waals surface area contributed by atoms with E-state index in [9.17, 15) is 13.2 Å². The first-order chi connectivity index (χ1) is 9.44. The molecular weight excluding hydrogens is 298 g/mol. The molecule has 0 saturated heterocycles. The van der Waals surface area contributed by atoms with E-state index in [0.29, 0.717) is 5.25 Å². The molecule has 0 bridgehead atoms. The summed E-state index contributed by atoms with van der Waals surface area (Å²) in [7, 11) is -3.59. The fourth-order valence-electron chi connectivity index (χ4n) is 2.39. The van der Waals surface area contributed by atoms with Crippen LogP contribution in [0.2, 0.25) is 0 Å². The third kappa shape index (κ3) is 3.34. The van der Waals surface area contributed by atoms with E-state index >= 15 is 0 Å². The number of carboxylic acid groups (broad SMARTS) is 1. The number of thioether (sulfide) groups is 1. The Labute approximate surface area is 122 Å². The molecule has 0 amide bonds. The van der Waals surface area contributed by atoms with E-state index in [1.54, 1.807) is 11.8 Å². The van der Waals surface area contributed by atoms with Crippen LogP contribution in [0.5, 0.6) is 0 Å². The highest BCUT2D eigenvalue weighted by Gasteiger charge is 2.30. The van der Waals surface area contributed by atoms with Crippen molar-refractivity contribution in [2.75, 3.05) is 6.26 Å². The maximum Gasteiger partial charge on any atom is 0.335 e. The van der Waals surface area contributed by atoms with Crippen molar-refractivity contribution in [2.24, 2.45) is 0 Å². The zero-order valence-corrected chi connectivity index (χ0v) is 12.7. The molecule has 110 valence electrons. The van der Waals surface area contributed by atoms with E-state index in [4.69, 9.17) is 5.11 Å². The summed E-state index contributed by atoms with van der Waals surface area (Å²) in [6, 6.07) is 5.22. The summed E-state index contributed by atoms with van der Waals surface area (Å²) in [6.45, 7) is 0. The smallest absolute Gasteiger partial charge is 0.335 e. The van der Waals surface area contributed by atoms with Gasteiger partial charge in [-0.25, -0.2) is 17.9 Å². The Morgan fingerprint density at radius 3 is 2.50 bits per heavy atom. The number of aromatic carboxylic acids is 1. The third-order valence-electron chi connectivity index (χ3n) is 3.47. The molecule has 0 aromatic heterocycles. The minimum atomic E-state index is -3.59. The average molecular weight is 315 g/mol. The van der Waals surface area contributed by atoms with Gasteiger partial charge < -0.3 is 5.11 Å². The molecule has 1 fully saturated rings. The molecular formula is C13H17NO4S2. The molecule has 1 aliphatic carbocycles. The van der Waals surface area contributed by atoms with Gasteiger partial charge in [-0.1, -0.05) is 6.42 Å². The van der Waals surface area contributed by atoms with Crippen LogP contribution >= 0.6 is 11.8 Å². The number of rotatable bonds is 5. The van der Waals surface area contributed by atoms with Gasteiger partial charge in [0, 0.05) is 11.3 Å². The summed E-state index contributed by atoms with van der Waals surface area (Å²) in [4.78, 5) is 10.9. The lowest BCUT2D eigenvalue weighted by Gasteiger charge is -2.19. The van der Waals surface area contributed by atoms with Gasteiger partial charge in [0.05, 0.1) is 10.5 Å². The van der Waals surface area contributed by atoms with Crippen LogP contribution in [0.4, 0.5) is 0 Å². The summed E-state index contributed by atoms with van der Waals surface area (Å²) in [6.07, 6.45) is 4.87. The lowest BCUT2D eigenvalue weighted by Crippen LogP contribution is -2.38. The molecule has 0 spiro atoms. The molecule has 2 unspecified atom stereocenters. The highest BCUT2D eigenvalue weighted by Crippen LogP contribution is 2.29. The summed E-state index contributed by atoms with van der Waals surface area (Å²) < 4.78 is 27.3. The lowest BCUT2D eigenvalue weighted by molar-refractivity contribution is 0.0696. The van der Waals surface area contributed by atoms with E-state index in [0.717, 1.165) is 19.3 Å². The first-order valence-corrected chi connectivity index (χ1v) is 9.09. The van der Waals surface area contributed by atoms with Crippen molar-refractivity contribution >= 4 is 27.8 Å². The quantitative estimate of drug-likeness (QED) is 0.867. The van der Waals surface area contributed by atoms with Gasteiger partial charge in [-0.15, -0.1) is 0 Å². The monoisotopic (exact) mass is 315 g/mol. The molecule has 1 aliphatic rings. The second-order valence-corrected chi connectivity index (χ2v) is 7.55. The lowest BCUT2D eigenvalue weighted by atomic mass is 10.2. The van der Waals surface area contributed by atoms with Gasteiger partial charge in [0.2, 0.25) is 10.0 Å². The van der Waals surface area contributed by atoms with E-state index in [2.05, 4.69) is 4.72 Å². The molecule has 0 aliphatic heterocycles. The number of sulfonamides is 1. The second-order valence-electron chi connectivity index (χ2n) is 4.76. The molecule has 2 atom stereocenters. The fraction of sp³-hybridized carbons (Fsp3) is 0.462. The number of hydrogen-bond donors (Lipinski definition) is 2. The summed E-state index contributed by atoms with van der Waals surface area (Å²) >= 11 is 1.68. The Morgan fingerprint density at radius 1 is 1.30 bits per heavy atom. The van der Waals surface area contributed by atoms with Crippen molar-refractivity contribution in [1.82, 2.24) is 4.72 Å². The van der Waals surface area contributed by atoms with Crippen LogP contribution in [0.15, 0.2) is 29.2 Å². The molecule has 1 aromatic rings. The normalized spacial score (nSPS) is 22.9. The Balaban J connectivity index is 2.15. The highest BCUT2D eigenvalue weighted by molar-refractivity contribution is 7.99. The van der Waals surface area contributed by atoms with Crippen LogP contribution in [0.1, 0.15) is 29.6 Å². The van der Waals surface area contributed by atoms with E-state index in [1.165, 1.54) is 24.3 Å². The van der Waals surface area contributed by atoms with E-state index < -0.39 is 16.0 Å². The summed E-state index contributed by atoms with van der Waals surface area (Å²) in [5.74, 6) is -1.07. The van der Waals surface area contributed by atoms with Crippen molar-refractivity contribution in [3.63, 3.8) is 0 Å². The third-order valence-corrected chi connectivity index (χ3v) is 6.15. The van der Waals surface area contributed by atoms with Gasteiger partial charge in [0.25, 0.3) is 0 Å². The van der Waals surface area contributed by atoms with Gasteiger partial charge in [0.1, 0.15) is 0 Å². The molecule has 1 saturated carbocycles. The molecule has 7 heteroatoms. The number of hydrogen-bond acceptors (Lipinski definition) is 4. The largest absolute Gasteiger partial charge is 0.478 e. The van der Waals surface area contributed by atoms with Gasteiger partial charge in [-0.2, -0.15) is 11.8 Å². The van der Waals surface area contributed by atoms with Crippen molar-refractivity contribution < 1.29 is 18.3 Å². The predicted octanol–water partition coefficient (Wildman–Crippen LogP) is 1.95. The van der Waals surface area contributed by atoms with Crippen LogP contribution < -0.4 is 4.72 Å². The number of nitrogens with one attached hydrogen (secondary N) is 1. The maximum absolute atomic E-state index is 12.3. The fourth-order valence-corrected chi connectivity index (χ4v) is 4.72. The van der Waals surface area contributed by atoms with Crippen molar-refractivity contribution in [3.8, 4) is 0 Å². The first-order valence-electron chi connectivity index (χ1n) is 6.32. The highest BCUT2D eigenvalue weighted by atomic mass is 32.2. The van der Waals surface area contributed by atoms with Gasteiger partial charge in [-0.3, -0.25) is 0 Å². The first kappa shape index (κ1) is 15.3. The van der Waals surface area contributed by atoms with Crippen molar-refractivity contribution in [2.45, 2.75) is 35.4 Å². The van der Waals surface area contributed by atoms with E-state index in [1.807, 2.05) is 6.26 Å². The topological polar surface area (TPSA) is 83.5 Å². The number of benzene rings is 1. The summed E-state index contributed by atoms with van der Waals surface area (Å²) in [5, 5.41) is 9.12. The van der Waals surface area contributed by atoms with Crippen LogP contribution in [-0.2, 0) is 10.0 Å². The SMILES string of the molecule is CSC1CCCC1NS(=O)(=O)c1ccc(C(=O)O)cc1. The van der Waals surface area contributed by atoms with Crippen LogP contribution in [-0.4, -0.2) is 37.0 Å². The molecule has 0 radical (unpaired) electrons. The van der Waals surface area contributed by atoms with E-state index in [-0.39, 0.29) is 16.5 Å². The van der Waals surface area contributed by atoms with Gasteiger partial charge in [0.15, 0.2) is 0 Å². The maximum atomic E-state index is 12.3. The van der Waals surface area contributed by atoms with Gasteiger partial charge in [-0.05, 0) is 43.4 Å². The van der Waals surface area contributed by atoms with Crippen LogP contribution in [0, 0.1) is 0 Å². The molecule has 5 nitrogen and oxygen atoms in total. The molecule has 1 aromatic carbocycles. The Morgan fingerprint density at radius 2 is 1.95 bits per heavy atom. The number of carbonyl (C=O) groups is 1. The minimum Gasteiger partial charge on any atom is -0.478 e. The van der Waals surface area contributed by atoms with Crippen molar-refractivity contribution in [3.05, 3.63) is 29.8 Å². The van der Waals surface area contributed by atoms with Crippen LogP contribution in [0.3, 0.4) is 0 Å². The molecule has 0 heterocycles. The molecule has 2 N–H and O–H groups in total. The number of carboxylic acids is 1. The van der Waals surface area contributed by atoms with Crippen molar-refractivity contribution in [1.29, 1.82) is 0 Å². The predicted molar refractivity (Wildman–Crippen MR) is 78.7 cm³/mol. The Hall–Kier alpha value is -1.05. The molecule has 20 heavy (non-hydrogen) atoms. The van der Waals surface area contributed by atoms with Gasteiger partial charge >= 0.3 is 5.97 Å². The Bertz CT molecular complexity index is 583. The molecule has 2 rings (SSSR count). The average Bonchev–Trinajstić information content (AvgIpc) is 2.85. The zero-order chi connectivity index (χ0) is 14.8. The Kier molecular flexibility index (Phi) is 4.72.